The highest BCUT2D eigenvalue weighted by molar-refractivity contribution is 5.78. The number of nitrogens with one attached hydrogen (secondary N) is 3. The Kier molecular flexibility index (Phi) is 7.47. The zero-order chi connectivity index (χ0) is 24.2. The zero-order valence-corrected chi connectivity index (χ0v) is 20.4. The van der Waals surface area contributed by atoms with Crippen LogP contribution in [0.1, 0.15) is 39.7 Å². The number of anilines is 4. The van der Waals surface area contributed by atoms with Crippen LogP contribution in [0.25, 0.3) is 0 Å². The number of carbonyl (C=O) groups excluding carboxylic acids is 1. The molecule has 10 nitrogen and oxygen atoms in total. The monoisotopic (exact) mass is 456 g/mol. The van der Waals surface area contributed by atoms with Gasteiger partial charge in [-0.2, -0.15) is 9.97 Å². The second-order valence-corrected chi connectivity index (χ2v) is 9.27. The molecule has 2 aromatic rings. The van der Waals surface area contributed by atoms with Crippen LogP contribution in [-0.4, -0.2) is 54.7 Å². The summed E-state index contributed by atoms with van der Waals surface area (Å²) in [7, 11) is 3.49. The second kappa shape index (κ2) is 10.1. The van der Waals surface area contributed by atoms with Gasteiger partial charge >= 0.3 is 0 Å². The third kappa shape index (κ3) is 6.38. The van der Waals surface area contributed by atoms with E-state index in [1.54, 1.807) is 7.11 Å². The molecule has 0 aliphatic carbocycles. The van der Waals surface area contributed by atoms with Crippen LogP contribution in [0.5, 0.6) is 5.75 Å². The summed E-state index contributed by atoms with van der Waals surface area (Å²) in [5.41, 5.74) is 11.2. The maximum Gasteiger partial charge on any atom is 0.227 e. The Bertz CT molecular complexity index is 958. The number of hydrogen-bond acceptors (Lipinski definition) is 9. The molecule has 1 fully saturated rings. The van der Waals surface area contributed by atoms with Gasteiger partial charge in [0, 0.05) is 38.6 Å². The Morgan fingerprint density at radius 3 is 2.55 bits per heavy atom. The van der Waals surface area contributed by atoms with E-state index in [1.807, 2.05) is 36.3 Å². The van der Waals surface area contributed by atoms with Gasteiger partial charge in [0.2, 0.25) is 11.9 Å². The highest BCUT2D eigenvalue weighted by Gasteiger charge is 2.29. The number of nitrogens with two attached hydrogens (primary N) is 1. The van der Waals surface area contributed by atoms with Crippen LogP contribution >= 0.6 is 0 Å². The molecule has 0 saturated carbocycles. The number of carbonyl (C=O) groups is 1. The van der Waals surface area contributed by atoms with E-state index in [-0.39, 0.29) is 17.5 Å². The van der Waals surface area contributed by atoms with Gasteiger partial charge in [-0.15, -0.1) is 0 Å². The smallest absolute Gasteiger partial charge is 0.227 e. The lowest BCUT2D eigenvalue weighted by molar-refractivity contribution is -0.119. The Labute approximate surface area is 195 Å². The zero-order valence-electron chi connectivity index (χ0n) is 20.4. The summed E-state index contributed by atoms with van der Waals surface area (Å²) in [5.74, 6) is 2.52. The van der Waals surface area contributed by atoms with Gasteiger partial charge in [0.25, 0.3) is 0 Å². The molecule has 1 saturated heterocycles. The van der Waals surface area contributed by atoms with Crippen molar-refractivity contribution in [1.82, 2.24) is 20.7 Å². The summed E-state index contributed by atoms with van der Waals surface area (Å²) in [5, 5.41) is 8.26. The Hall–Kier alpha value is -3.27. The van der Waals surface area contributed by atoms with Crippen molar-refractivity contribution in [3.63, 3.8) is 0 Å². The van der Waals surface area contributed by atoms with Gasteiger partial charge in [-0.05, 0) is 44.9 Å². The van der Waals surface area contributed by atoms with E-state index in [0.29, 0.717) is 36.4 Å². The maximum atomic E-state index is 11.5. The van der Waals surface area contributed by atoms with Gasteiger partial charge in [0.05, 0.1) is 13.7 Å². The Morgan fingerprint density at radius 1 is 1.27 bits per heavy atom. The topological polar surface area (TPSA) is 121 Å². The molecule has 0 radical (unpaired) electrons. The molecule has 1 aliphatic heterocycles. The van der Waals surface area contributed by atoms with Crippen LogP contribution in [0.3, 0.4) is 0 Å². The van der Waals surface area contributed by atoms with Crippen LogP contribution in [0, 0.1) is 0 Å². The number of nitrogen functional groups attached to an aromatic ring is 1. The van der Waals surface area contributed by atoms with Crippen LogP contribution in [-0.2, 0) is 11.3 Å². The second-order valence-electron chi connectivity index (χ2n) is 9.27. The molecule has 1 aliphatic rings. The molecule has 5 N–H and O–H groups in total. The summed E-state index contributed by atoms with van der Waals surface area (Å²) in [6.45, 7) is 9.65. The van der Waals surface area contributed by atoms with E-state index in [9.17, 15) is 4.79 Å². The van der Waals surface area contributed by atoms with Crippen LogP contribution in [0.2, 0.25) is 0 Å². The van der Waals surface area contributed by atoms with E-state index in [1.165, 1.54) is 6.92 Å². The fourth-order valence-corrected chi connectivity index (χ4v) is 3.82. The molecule has 1 aromatic heterocycles. The number of benzene rings is 1. The van der Waals surface area contributed by atoms with Crippen molar-refractivity contribution in [3.8, 4) is 5.75 Å². The van der Waals surface area contributed by atoms with Crippen molar-refractivity contribution in [3.05, 3.63) is 29.8 Å². The predicted octanol–water partition coefficient (Wildman–Crippen LogP) is 2.13. The van der Waals surface area contributed by atoms with Gasteiger partial charge < -0.3 is 26.0 Å². The van der Waals surface area contributed by atoms with Crippen molar-refractivity contribution in [2.45, 2.75) is 52.2 Å². The van der Waals surface area contributed by atoms with Crippen molar-refractivity contribution < 1.29 is 9.53 Å². The molecule has 180 valence electrons. The first-order valence-corrected chi connectivity index (χ1v) is 11.1. The van der Waals surface area contributed by atoms with Crippen LogP contribution in [0.15, 0.2) is 24.3 Å². The van der Waals surface area contributed by atoms with Crippen molar-refractivity contribution in [1.29, 1.82) is 0 Å². The standard InChI is InChI=1S/C23H36N8O2/c1-15(32)26-17-11-12-30(14-17)20-19(24)21(28-22(27-20)29-23(2,3)4)31(25-5)13-16-7-9-18(33-6)10-8-16/h7-10,17,25H,11-14,24H2,1-6H3,(H,26,32)(H,27,28,29)/t17-/m0/s1. The predicted molar refractivity (Wildman–Crippen MR) is 132 cm³/mol. The molecular weight excluding hydrogens is 420 g/mol. The van der Waals surface area contributed by atoms with Crippen molar-refractivity contribution in [2.24, 2.45) is 0 Å². The summed E-state index contributed by atoms with van der Waals surface area (Å²) in [4.78, 5) is 23.1. The minimum Gasteiger partial charge on any atom is -0.497 e. The van der Waals surface area contributed by atoms with Crippen LogP contribution in [0.4, 0.5) is 23.3 Å². The SMILES string of the molecule is CNN(Cc1ccc(OC)cc1)c1nc(NC(C)(C)C)nc(N2CC[C@H](NC(C)=O)C2)c1N. The molecule has 1 atom stereocenters. The minimum atomic E-state index is -0.227. The number of ether oxygens (including phenoxy) is 1. The number of hydrogen-bond donors (Lipinski definition) is 4. The highest BCUT2D eigenvalue weighted by atomic mass is 16.5. The first-order valence-electron chi connectivity index (χ1n) is 11.1. The van der Waals surface area contributed by atoms with Gasteiger partial charge in [-0.1, -0.05) is 12.1 Å². The molecule has 10 heteroatoms. The first-order chi connectivity index (χ1) is 15.6. The third-order valence-electron chi connectivity index (χ3n) is 5.31. The average Bonchev–Trinajstić information content (AvgIpc) is 3.20. The molecule has 3 rings (SSSR count). The van der Waals surface area contributed by atoms with E-state index in [2.05, 4.69) is 41.7 Å². The van der Waals surface area contributed by atoms with E-state index in [4.69, 9.17) is 20.4 Å². The quantitative estimate of drug-likeness (QED) is 0.443. The van der Waals surface area contributed by atoms with E-state index >= 15 is 0 Å². The number of hydrazine groups is 1. The molecule has 0 unspecified atom stereocenters. The summed E-state index contributed by atoms with van der Waals surface area (Å²) in [6.07, 6.45) is 0.835. The molecule has 33 heavy (non-hydrogen) atoms. The fourth-order valence-electron chi connectivity index (χ4n) is 3.82. The Balaban J connectivity index is 1.95. The van der Waals surface area contributed by atoms with Gasteiger partial charge in [0.15, 0.2) is 11.6 Å². The summed E-state index contributed by atoms with van der Waals surface area (Å²) < 4.78 is 5.26. The van der Waals surface area contributed by atoms with E-state index in [0.717, 1.165) is 24.3 Å². The molecule has 0 bridgehead atoms. The number of methoxy groups -OCH3 is 1. The highest BCUT2D eigenvalue weighted by Crippen LogP contribution is 2.34. The molecule has 2 heterocycles. The summed E-state index contributed by atoms with van der Waals surface area (Å²) >= 11 is 0. The molecule has 1 amide bonds. The lowest BCUT2D eigenvalue weighted by Gasteiger charge is -2.29. The van der Waals surface area contributed by atoms with Crippen LogP contribution < -0.4 is 36.4 Å². The molecular formula is C23H36N8O2. The maximum absolute atomic E-state index is 11.5. The largest absolute Gasteiger partial charge is 0.497 e. The van der Waals surface area contributed by atoms with Gasteiger partial charge in [-0.25, -0.2) is 5.43 Å². The molecule has 0 spiro atoms. The molecule has 1 aromatic carbocycles. The lowest BCUT2D eigenvalue weighted by atomic mass is 10.1. The van der Waals surface area contributed by atoms with Crippen molar-refractivity contribution >= 4 is 29.2 Å². The average molecular weight is 457 g/mol. The number of aromatic nitrogens is 2. The van der Waals surface area contributed by atoms with Crippen molar-refractivity contribution in [2.75, 3.05) is 48.2 Å². The van der Waals surface area contributed by atoms with Gasteiger partial charge in [-0.3, -0.25) is 9.80 Å². The summed E-state index contributed by atoms with van der Waals surface area (Å²) in [6, 6.07) is 7.94. The number of amides is 1. The van der Waals surface area contributed by atoms with E-state index < -0.39 is 0 Å². The van der Waals surface area contributed by atoms with Gasteiger partial charge in [0.1, 0.15) is 11.4 Å². The Morgan fingerprint density at radius 2 is 1.97 bits per heavy atom. The normalized spacial score (nSPS) is 15.9. The number of rotatable bonds is 8. The lowest BCUT2D eigenvalue weighted by Crippen LogP contribution is -2.38. The number of nitrogens with zero attached hydrogens (tertiary/aromatic N) is 4. The fraction of sp³-hybridized carbons (Fsp3) is 0.522. The first kappa shape index (κ1) is 24.4. The third-order valence-corrected chi connectivity index (χ3v) is 5.31. The minimum absolute atomic E-state index is 0.0332.